The summed E-state index contributed by atoms with van der Waals surface area (Å²) < 4.78 is 5.28. The largest absolute Gasteiger partial charge is 0.339 e. The summed E-state index contributed by atoms with van der Waals surface area (Å²) in [5, 5.41) is 7.14. The van der Waals surface area contributed by atoms with E-state index < -0.39 is 0 Å². The quantitative estimate of drug-likeness (QED) is 0.923. The minimum absolute atomic E-state index is 0.102. The lowest BCUT2D eigenvalue weighted by Crippen LogP contribution is -2.49. The van der Waals surface area contributed by atoms with Crippen LogP contribution >= 0.6 is 0 Å². The van der Waals surface area contributed by atoms with Crippen molar-refractivity contribution in [2.75, 3.05) is 13.1 Å². The Kier molecular flexibility index (Phi) is 4.22. The van der Waals surface area contributed by atoms with Crippen molar-refractivity contribution in [1.82, 2.24) is 20.4 Å². The van der Waals surface area contributed by atoms with Crippen LogP contribution in [0.1, 0.15) is 63.1 Å². The van der Waals surface area contributed by atoms with Gasteiger partial charge >= 0.3 is 6.03 Å². The smallest absolute Gasteiger partial charge is 0.317 e. The van der Waals surface area contributed by atoms with E-state index in [9.17, 15) is 4.79 Å². The van der Waals surface area contributed by atoms with Crippen LogP contribution in [0.4, 0.5) is 4.79 Å². The van der Waals surface area contributed by atoms with E-state index >= 15 is 0 Å². The summed E-state index contributed by atoms with van der Waals surface area (Å²) in [7, 11) is 0. The van der Waals surface area contributed by atoms with E-state index in [1.54, 1.807) is 0 Å². The first-order chi connectivity index (χ1) is 11.6. The van der Waals surface area contributed by atoms with Crippen molar-refractivity contribution >= 4 is 6.03 Å². The van der Waals surface area contributed by atoms with Gasteiger partial charge in [-0.3, -0.25) is 0 Å². The van der Waals surface area contributed by atoms with E-state index in [0.717, 1.165) is 43.7 Å². The molecule has 1 aromatic rings. The SMILES string of the molecule is Cc1noc(C2CCN(C(=O)NC(C)C3CC4CCC3C4)CC2)n1. The van der Waals surface area contributed by atoms with Gasteiger partial charge in [-0.25, -0.2) is 4.79 Å². The first-order valence-electron chi connectivity index (χ1n) is 9.46. The predicted molar refractivity (Wildman–Crippen MR) is 89.5 cm³/mol. The van der Waals surface area contributed by atoms with Crippen molar-refractivity contribution < 1.29 is 9.32 Å². The molecule has 2 bridgehead atoms. The molecule has 2 aliphatic carbocycles. The summed E-state index contributed by atoms with van der Waals surface area (Å²) in [6, 6.07) is 0.398. The molecule has 4 rings (SSSR count). The third-order valence-electron chi connectivity index (χ3n) is 6.46. The summed E-state index contributed by atoms with van der Waals surface area (Å²) in [4.78, 5) is 18.9. The van der Waals surface area contributed by atoms with Crippen molar-refractivity contribution in [2.24, 2.45) is 17.8 Å². The number of fused-ring (bicyclic) bond motifs is 2. The number of rotatable bonds is 3. The molecule has 2 saturated carbocycles. The van der Waals surface area contributed by atoms with Gasteiger partial charge in [0.25, 0.3) is 0 Å². The molecule has 1 aromatic heterocycles. The number of amides is 2. The first-order valence-corrected chi connectivity index (χ1v) is 9.46. The molecule has 0 aromatic carbocycles. The zero-order valence-electron chi connectivity index (χ0n) is 14.7. The highest BCUT2D eigenvalue weighted by Crippen LogP contribution is 2.49. The van der Waals surface area contributed by atoms with Gasteiger partial charge in [0.2, 0.25) is 5.89 Å². The number of nitrogens with zero attached hydrogens (tertiary/aromatic N) is 3. The summed E-state index contributed by atoms with van der Waals surface area (Å²) in [5.41, 5.74) is 0. The van der Waals surface area contributed by atoms with Gasteiger partial charge in [-0.1, -0.05) is 11.6 Å². The molecule has 132 valence electrons. The molecule has 24 heavy (non-hydrogen) atoms. The lowest BCUT2D eigenvalue weighted by molar-refractivity contribution is 0.164. The van der Waals surface area contributed by atoms with Crippen LogP contribution in [0.15, 0.2) is 4.52 Å². The molecule has 1 N–H and O–H groups in total. The van der Waals surface area contributed by atoms with Gasteiger partial charge in [0.1, 0.15) is 0 Å². The standard InChI is InChI=1S/C18H28N4O2/c1-11(16-10-13-3-4-15(16)9-13)19-18(23)22-7-5-14(6-8-22)17-20-12(2)21-24-17/h11,13-16H,3-10H2,1-2H3,(H,19,23). The number of hydrogen-bond donors (Lipinski definition) is 1. The third kappa shape index (κ3) is 3.03. The Bertz CT molecular complexity index is 594. The van der Waals surface area contributed by atoms with Gasteiger partial charge in [-0.2, -0.15) is 4.98 Å². The molecule has 2 amide bonds. The number of piperidine rings is 1. The van der Waals surface area contributed by atoms with Crippen LogP contribution < -0.4 is 5.32 Å². The van der Waals surface area contributed by atoms with E-state index in [-0.39, 0.29) is 6.03 Å². The zero-order chi connectivity index (χ0) is 16.7. The molecule has 0 radical (unpaired) electrons. The van der Waals surface area contributed by atoms with Crippen molar-refractivity contribution in [1.29, 1.82) is 0 Å². The van der Waals surface area contributed by atoms with Crippen molar-refractivity contribution in [3.63, 3.8) is 0 Å². The lowest BCUT2D eigenvalue weighted by Gasteiger charge is -2.34. The van der Waals surface area contributed by atoms with Crippen molar-refractivity contribution in [2.45, 2.75) is 64.3 Å². The Morgan fingerprint density at radius 2 is 2.04 bits per heavy atom. The normalized spacial score (nSPS) is 31.4. The first kappa shape index (κ1) is 15.9. The second-order valence-electron chi connectivity index (χ2n) is 8.02. The van der Waals surface area contributed by atoms with Gasteiger partial charge in [0.15, 0.2) is 5.82 Å². The summed E-state index contributed by atoms with van der Waals surface area (Å²) in [6.07, 6.45) is 7.27. The van der Waals surface area contributed by atoms with Crippen LogP contribution in [0.25, 0.3) is 0 Å². The van der Waals surface area contributed by atoms with Gasteiger partial charge < -0.3 is 14.7 Å². The van der Waals surface area contributed by atoms with Crippen molar-refractivity contribution in [3.05, 3.63) is 11.7 Å². The second-order valence-corrected chi connectivity index (χ2v) is 8.02. The number of aromatic nitrogens is 2. The molecule has 6 nitrogen and oxygen atoms in total. The molecule has 0 spiro atoms. The Hall–Kier alpha value is -1.59. The number of carbonyl (C=O) groups excluding carboxylic acids is 1. The summed E-state index contributed by atoms with van der Waals surface area (Å²) >= 11 is 0. The van der Waals surface area contributed by atoms with Crippen LogP contribution in [0.2, 0.25) is 0 Å². The Balaban J connectivity index is 1.27. The van der Waals surface area contributed by atoms with E-state index in [2.05, 4.69) is 22.4 Å². The van der Waals surface area contributed by atoms with Crippen LogP contribution in [0, 0.1) is 24.7 Å². The minimum Gasteiger partial charge on any atom is -0.339 e. The number of likely N-dealkylation sites (tertiary alicyclic amines) is 1. The summed E-state index contributed by atoms with van der Waals surface area (Å²) in [6.45, 7) is 5.56. The van der Waals surface area contributed by atoms with Crippen LogP contribution in [-0.4, -0.2) is 40.2 Å². The molecule has 2 heterocycles. The number of carbonyl (C=O) groups is 1. The number of urea groups is 1. The third-order valence-corrected chi connectivity index (χ3v) is 6.46. The van der Waals surface area contributed by atoms with Crippen LogP contribution in [-0.2, 0) is 0 Å². The van der Waals surface area contributed by atoms with Crippen LogP contribution in [0.5, 0.6) is 0 Å². The Morgan fingerprint density at radius 1 is 1.25 bits per heavy atom. The van der Waals surface area contributed by atoms with Gasteiger partial charge in [-0.05, 0) is 63.7 Å². The number of nitrogens with one attached hydrogen (secondary N) is 1. The Labute approximate surface area is 143 Å². The van der Waals surface area contributed by atoms with Gasteiger partial charge in [0, 0.05) is 25.0 Å². The molecule has 3 aliphatic rings. The maximum Gasteiger partial charge on any atom is 0.317 e. The molecule has 1 saturated heterocycles. The van der Waals surface area contributed by atoms with E-state index in [1.807, 2.05) is 11.8 Å². The number of hydrogen-bond acceptors (Lipinski definition) is 4. The molecule has 4 atom stereocenters. The fraction of sp³-hybridized carbons (Fsp3) is 0.833. The highest BCUT2D eigenvalue weighted by atomic mass is 16.5. The van der Waals surface area contributed by atoms with Crippen molar-refractivity contribution in [3.8, 4) is 0 Å². The number of aryl methyl sites for hydroxylation is 1. The molecule has 6 heteroatoms. The highest BCUT2D eigenvalue weighted by molar-refractivity contribution is 5.74. The monoisotopic (exact) mass is 332 g/mol. The molecular weight excluding hydrogens is 304 g/mol. The maximum absolute atomic E-state index is 12.6. The predicted octanol–water partition coefficient (Wildman–Crippen LogP) is 3.09. The molecule has 1 aliphatic heterocycles. The average Bonchev–Trinajstić information content (AvgIpc) is 3.31. The fourth-order valence-corrected chi connectivity index (χ4v) is 5.11. The Morgan fingerprint density at radius 3 is 2.62 bits per heavy atom. The van der Waals surface area contributed by atoms with Crippen LogP contribution in [0.3, 0.4) is 0 Å². The fourth-order valence-electron chi connectivity index (χ4n) is 5.11. The van der Waals surface area contributed by atoms with Gasteiger partial charge in [0.05, 0.1) is 0 Å². The average molecular weight is 332 g/mol. The van der Waals surface area contributed by atoms with E-state index in [1.165, 1.54) is 25.7 Å². The zero-order valence-corrected chi connectivity index (χ0v) is 14.7. The molecule has 4 unspecified atom stereocenters. The highest BCUT2D eigenvalue weighted by Gasteiger charge is 2.42. The lowest BCUT2D eigenvalue weighted by atomic mass is 9.84. The minimum atomic E-state index is 0.102. The molecule has 3 fully saturated rings. The molecular formula is C18H28N4O2. The van der Waals surface area contributed by atoms with Gasteiger partial charge in [-0.15, -0.1) is 0 Å². The van der Waals surface area contributed by atoms with E-state index in [4.69, 9.17) is 4.52 Å². The second kappa shape index (κ2) is 6.37. The van der Waals surface area contributed by atoms with E-state index in [0.29, 0.717) is 23.7 Å². The topological polar surface area (TPSA) is 71.3 Å². The maximum atomic E-state index is 12.6. The summed E-state index contributed by atoms with van der Waals surface area (Å²) in [5.74, 6) is 4.15.